The van der Waals surface area contributed by atoms with Crippen LogP contribution < -0.4 is 10.6 Å². The van der Waals surface area contributed by atoms with Crippen LogP contribution in [0.25, 0.3) is 0 Å². The SMILES string of the molecule is CC1=C(C)C(=NC(C)(C)C)NC1=NC(C)(C)C.CC1=C(C)C(=NC(C)(C)C)NC1=NC(C)(C)C.[H-].[H-].[Sr+2]. The number of hydrogen-bond acceptors (Lipinski definition) is 4. The van der Waals surface area contributed by atoms with E-state index >= 15 is 0 Å². The molecule has 0 spiro atoms. The maximum atomic E-state index is 4.69. The Labute approximate surface area is 255 Å². The second-order valence-corrected chi connectivity index (χ2v) is 13.3. The topological polar surface area (TPSA) is 73.5 Å². The van der Waals surface area contributed by atoms with E-state index in [4.69, 9.17) is 0 Å². The standard InChI is InChI=1S/2C14H25N3.Sr.2H/c2*1-9-10(2)12(17-14(6,7)8)15-11(9)16-13(3,4)5;;;/h2*1-8H3,(H,15,16,17);;;/q;;+2;2*-1. The second-order valence-electron chi connectivity index (χ2n) is 13.3. The number of rotatable bonds is 0. The van der Waals surface area contributed by atoms with Crippen LogP contribution in [0.1, 0.15) is 114 Å². The fourth-order valence-corrected chi connectivity index (χ4v) is 3.10. The summed E-state index contributed by atoms with van der Waals surface area (Å²) in [6, 6.07) is 0. The number of nitrogens with zero attached hydrogens (tertiary/aromatic N) is 4. The first-order valence-corrected chi connectivity index (χ1v) is 12.3. The molecular formula is C28H52N6Sr. The van der Waals surface area contributed by atoms with E-state index in [1.165, 1.54) is 22.3 Å². The van der Waals surface area contributed by atoms with Gasteiger partial charge in [0.2, 0.25) is 0 Å². The van der Waals surface area contributed by atoms with Gasteiger partial charge in [0.1, 0.15) is 23.3 Å². The van der Waals surface area contributed by atoms with E-state index in [0.29, 0.717) is 0 Å². The van der Waals surface area contributed by atoms with Gasteiger partial charge in [0.25, 0.3) is 0 Å². The summed E-state index contributed by atoms with van der Waals surface area (Å²) in [6.07, 6.45) is 0. The summed E-state index contributed by atoms with van der Waals surface area (Å²) in [5, 5.41) is 6.66. The average molecular weight is 560 g/mol. The van der Waals surface area contributed by atoms with E-state index in [0.717, 1.165) is 23.3 Å². The number of amidine groups is 4. The monoisotopic (exact) mass is 560 g/mol. The molecule has 0 aromatic rings. The average Bonchev–Trinajstić information content (AvgIpc) is 2.95. The molecule has 0 bridgehead atoms. The summed E-state index contributed by atoms with van der Waals surface area (Å²) in [6.45, 7) is 33.6. The van der Waals surface area contributed by atoms with Gasteiger partial charge in [-0.05, 0) is 133 Å². The van der Waals surface area contributed by atoms with Crippen LogP contribution >= 0.6 is 0 Å². The molecule has 0 aromatic heterocycles. The third kappa shape index (κ3) is 12.4. The maximum absolute atomic E-state index is 4.69. The quantitative estimate of drug-likeness (QED) is 0.333. The minimum absolute atomic E-state index is 0. The molecule has 35 heavy (non-hydrogen) atoms. The van der Waals surface area contributed by atoms with Crippen LogP contribution in [0, 0.1) is 0 Å². The first-order chi connectivity index (χ1) is 15.0. The molecule has 0 atom stereocenters. The van der Waals surface area contributed by atoms with Crippen LogP contribution in [0.4, 0.5) is 0 Å². The van der Waals surface area contributed by atoms with E-state index in [1.807, 2.05) is 0 Å². The maximum Gasteiger partial charge on any atom is 2.00 e. The molecular weight excluding hydrogens is 508 g/mol. The third-order valence-corrected chi connectivity index (χ3v) is 4.81. The van der Waals surface area contributed by atoms with Crippen LogP contribution in [0.2, 0.25) is 0 Å². The Morgan fingerprint density at radius 2 is 0.543 bits per heavy atom. The molecule has 2 aliphatic rings. The Kier molecular flexibility index (Phi) is 11.9. The van der Waals surface area contributed by atoms with Crippen molar-refractivity contribution in [1.29, 1.82) is 0 Å². The predicted molar refractivity (Wildman–Crippen MR) is 160 cm³/mol. The number of hydrogen-bond donors (Lipinski definition) is 2. The molecule has 0 fully saturated rings. The molecule has 2 N–H and O–H groups in total. The Morgan fingerprint density at radius 3 is 0.657 bits per heavy atom. The molecule has 0 saturated carbocycles. The van der Waals surface area contributed by atoms with Crippen molar-refractivity contribution in [1.82, 2.24) is 10.6 Å². The third-order valence-electron chi connectivity index (χ3n) is 4.81. The van der Waals surface area contributed by atoms with Crippen LogP contribution in [-0.4, -0.2) is 91.0 Å². The second kappa shape index (κ2) is 12.2. The summed E-state index contributed by atoms with van der Waals surface area (Å²) in [7, 11) is 0. The van der Waals surface area contributed by atoms with Crippen molar-refractivity contribution in [2.75, 3.05) is 0 Å². The van der Waals surface area contributed by atoms with E-state index < -0.39 is 0 Å². The zero-order chi connectivity index (χ0) is 26.9. The summed E-state index contributed by atoms with van der Waals surface area (Å²) in [5.74, 6) is 3.83. The molecule has 0 aliphatic carbocycles. The van der Waals surface area contributed by atoms with Crippen LogP contribution in [0.3, 0.4) is 0 Å². The molecule has 0 saturated heterocycles. The fraction of sp³-hybridized carbons (Fsp3) is 0.714. The van der Waals surface area contributed by atoms with Crippen molar-refractivity contribution in [2.45, 2.75) is 133 Å². The van der Waals surface area contributed by atoms with Crippen LogP contribution in [-0.2, 0) is 0 Å². The first-order valence-electron chi connectivity index (χ1n) is 12.3. The minimum atomic E-state index is -0.0684. The summed E-state index contributed by atoms with van der Waals surface area (Å²) < 4.78 is 0. The minimum Gasteiger partial charge on any atom is -1.00 e. The predicted octanol–water partition coefficient (Wildman–Crippen LogP) is 6.48. The Balaban J connectivity index is -0.000000578. The van der Waals surface area contributed by atoms with Crippen molar-refractivity contribution in [3.63, 3.8) is 0 Å². The van der Waals surface area contributed by atoms with E-state index in [-0.39, 0.29) is 70.5 Å². The van der Waals surface area contributed by atoms with E-state index in [1.54, 1.807) is 0 Å². The van der Waals surface area contributed by atoms with Gasteiger partial charge in [0.05, 0.1) is 22.2 Å². The van der Waals surface area contributed by atoms with Gasteiger partial charge in [-0.2, -0.15) is 0 Å². The smallest absolute Gasteiger partial charge is 1.00 e. The first kappa shape index (κ1) is 34.2. The van der Waals surface area contributed by atoms with Gasteiger partial charge < -0.3 is 13.5 Å². The van der Waals surface area contributed by atoms with Gasteiger partial charge in [-0.1, -0.05) is 0 Å². The van der Waals surface area contributed by atoms with E-state index in [2.05, 4.69) is 141 Å². The van der Waals surface area contributed by atoms with Crippen molar-refractivity contribution < 1.29 is 2.85 Å². The van der Waals surface area contributed by atoms with Crippen LogP contribution in [0.5, 0.6) is 0 Å². The van der Waals surface area contributed by atoms with Gasteiger partial charge in [-0.3, -0.25) is 20.0 Å². The Bertz CT molecular complexity index is 818. The summed E-state index contributed by atoms with van der Waals surface area (Å²) in [4.78, 5) is 18.7. The number of nitrogens with one attached hydrogen (secondary N) is 2. The molecule has 0 radical (unpaired) electrons. The largest absolute Gasteiger partial charge is 2.00 e. The molecule has 0 aromatic carbocycles. The van der Waals surface area contributed by atoms with Gasteiger partial charge in [0, 0.05) is 0 Å². The number of aliphatic imine (C=N–C) groups is 4. The molecule has 196 valence electrons. The van der Waals surface area contributed by atoms with Crippen LogP contribution in [0.15, 0.2) is 42.3 Å². The molecule has 0 amide bonds. The van der Waals surface area contributed by atoms with Gasteiger partial charge in [-0.25, -0.2) is 0 Å². The van der Waals surface area contributed by atoms with Crippen molar-refractivity contribution in [3.8, 4) is 0 Å². The zero-order valence-corrected chi connectivity index (χ0v) is 29.0. The molecule has 2 aliphatic heterocycles. The van der Waals surface area contributed by atoms with Crippen molar-refractivity contribution in [2.24, 2.45) is 20.0 Å². The molecule has 0 unspecified atom stereocenters. The summed E-state index contributed by atoms with van der Waals surface area (Å²) >= 11 is 0. The Hall–Kier alpha value is -0.759. The fourth-order valence-electron chi connectivity index (χ4n) is 3.10. The van der Waals surface area contributed by atoms with Crippen molar-refractivity contribution in [3.05, 3.63) is 22.3 Å². The van der Waals surface area contributed by atoms with Gasteiger partial charge in [-0.15, -0.1) is 0 Å². The molecule has 7 heteroatoms. The van der Waals surface area contributed by atoms with Crippen molar-refractivity contribution >= 4 is 68.8 Å². The normalized spacial score (nSPS) is 21.9. The van der Waals surface area contributed by atoms with Gasteiger partial charge >= 0.3 is 45.5 Å². The van der Waals surface area contributed by atoms with E-state index in [9.17, 15) is 0 Å². The zero-order valence-electron chi connectivity index (χ0n) is 27.5. The Morgan fingerprint density at radius 1 is 0.400 bits per heavy atom. The van der Waals surface area contributed by atoms with Gasteiger partial charge in [0.15, 0.2) is 0 Å². The molecule has 2 heterocycles. The summed E-state index contributed by atoms with van der Waals surface area (Å²) in [5.41, 5.74) is 4.52. The molecule has 2 rings (SSSR count). The molecule has 6 nitrogen and oxygen atoms in total.